The van der Waals surface area contributed by atoms with Crippen LogP contribution in [-0.2, 0) is 0 Å². The van der Waals surface area contributed by atoms with E-state index in [9.17, 15) is 4.79 Å². The van der Waals surface area contributed by atoms with Gasteiger partial charge in [-0.25, -0.2) is 10.2 Å². The lowest BCUT2D eigenvalue weighted by Gasteiger charge is -1.99. The molecule has 0 fully saturated rings. The lowest BCUT2D eigenvalue weighted by Crippen LogP contribution is -2.32. The molecule has 0 aromatic rings. The summed E-state index contributed by atoms with van der Waals surface area (Å²) in [6, 6.07) is 1.25. The van der Waals surface area contributed by atoms with Gasteiger partial charge in [0.2, 0.25) is 0 Å². The first kappa shape index (κ1) is 9.43. The van der Waals surface area contributed by atoms with Gasteiger partial charge in [0.1, 0.15) is 12.3 Å². The van der Waals surface area contributed by atoms with Gasteiger partial charge < -0.3 is 5.32 Å². The fourth-order valence-corrected chi connectivity index (χ4v) is 0.398. The summed E-state index contributed by atoms with van der Waals surface area (Å²) in [5.41, 5.74) is 2.12. The van der Waals surface area contributed by atoms with Crippen LogP contribution in [0, 0.1) is 11.3 Å². The minimum atomic E-state index is -0.390. The van der Waals surface area contributed by atoms with Crippen LogP contribution in [0.3, 0.4) is 0 Å². The summed E-state index contributed by atoms with van der Waals surface area (Å²) in [6.45, 7) is 2.55. The minimum Gasteiger partial charge on any atom is -0.337 e. The highest BCUT2D eigenvalue weighted by atomic mass is 16.2. The van der Waals surface area contributed by atoms with E-state index in [1.54, 1.807) is 6.07 Å². The summed E-state index contributed by atoms with van der Waals surface area (Å²) in [6.07, 6.45) is 1.82. The molecule has 2 amide bonds. The number of carbonyl (C=O) groups excluding carboxylic acids is 1. The van der Waals surface area contributed by atoms with Crippen molar-refractivity contribution < 1.29 is 4.79 Å². The van der Waals surface area contributed by atoms with Crippen molar-refractivity contribution >= 4 is 12.2 Å². The van der Waals surface area contributed by atoms with Crippen molar-refractivity contribution in [2.45, 2.75) is 13.3 Å². The maximum absolute atomic E-state index is 10.6. The summed E-state index contributed by atoms with van der Waals surface area (Å²) in [7, 11) is 0. The van der Waals surface area contributed by atoms with Crippen molar-refractivity contribution in [2.24, 2.45) is 5.10 Å². The van der Waals surface area contributed by atoms with Gasteiger partial charge in [-0.2, -0.15) is 10.4 Å². The molecule has 0 heterocycles. The Bertz CT molecular complexity index is 182. The number of carbonyl (C=O) groups is 1. The zero-order chi connectivity index (χ0) is 8.53. The fraction of sp³-hybridized carbons (Fsp3) is 0.500. The van der Waals surface area contributed by atoms with E-state index in [-0.39, 0.29) is 0 Å². The van der Waals surface area contributed by atoms with Gasteiger partial charge in [0.25, 0.3) is 0 Å². The number of rotatable bonds is 3. The Morgan fingerprint density at radius 2 is 2.55 bits per heavy atom. The summed E-state index contributed by atoms with van der Waals surface area (Å²) >= 11 is 0. The first-order valence-electron chi connectivity index (χ1n) is 3.26. The number of hydrogen-bond donors (Lipinski definition) is 2. The molecule has 60 valence electrons. The van der Waals surface area contributed by atoms with Crippen molar-refractivity contribution in [2.75, 3.05) is 6.54 Å². The number of amides is 2. The van der Waals surface area contributed by atoms with Crippen LogP contribution in [0.15, 0.2) is 5.10 Å². The summed E-state index contributed by atoms with van der Waals surface area (Å²) in [5.74, 6) is 0. The molecule has 0 atom stereocenters. The lowest BCUT2D eigenvalue weighted by atomic mass is 10.5. The molecule has 0 aliphatic rings. The quantitative estimate of drug-likeness (QED) is 0.450. The Morgan fingerprint density at radius 1 is 1.82 bits per heavy atom. The van der Waals surface area contributed by atoms with E-state index in [1.807, 2.05) is 6.92 Å². The SMILES string of the molecule is CCCNC(=O)N/N=C/C#N. The molecule has 2 N–H and O–H groups in total. The van der Waals surface area contributed by atoms with Gasteiger partial charge in [0.05, 0.1) is 0 Å². The average Bonchev–Trinajstić information content (AvgIpc) is 2.01. The number of nitrogens with zero attached hydrogens (tertiary/aromatic N) is 2. The van der Waals surface area contributed by atoms with Gasteiger partial charge in [0.15, 0.2) is 0 Å². The number of urea groups is 1. The first-order chi connectivity index (χ1) is 5.31. The zero-order valence-corrected chi connectivity index (χ0v) is 6.29. The standard InChI is InChI=1S/C6H10N4O/c1-2-4-8-6(11)10-9-5-3-7/h5H,2,4H2,1H3,(H2,8,10,11)/b9-5+. The van der Waals surface area contributed by atoms with E-state index >= 15 is 0 Å². The Kier molecular flexibility index (Phi) is 5.61. The Balaban J connectivity index is 3.39. The highest BCUT2D eigenvalue weighted by Gasteiger charge is 1.92. The number of nitrogens with one attached hydrogen (secondary N) is 2. The fourth-order valence-electron chi connectivity index (χ4n) is 0.398. The van der Waals surface area contributed by atoms with Crippen LogP contribution in [0.1, 0.15) is 13.3 Å². The van der Waals surface area contributed by atoms with E-state index in [1.165, 1.54) is 0 Å². The smallest absolute Gasteiger partial charge is 0.335 e. The largest absolute Gasteiger partial charge is 0.337 e. The van der Waals surface area contributed by atoms with Gasteiger partial charge in [0, 0.05) is 6.54 Å². The summed E-state index contributed by atoms with van der Waals surface area (Å²) in [4.78, 5) is 10.6. The summed E-state index contributed by atoms with van der Waals surface area (Å²) in [5, 5.41) is 13.8. The first-order valence-corrected chi connectivity index (χ1v) is 3.26. The van der Waals surface area contributed by atoms with Crippen molar-refractivity contribution in [1.82, 2.24) is 10.7 Å². The Hall–Kier alpha value is -1.57. The normalized spacial score (nSPS) is 9.09. The second-order valence-electron chi connectivity index (χ2n) is 1.76. The minimum absolute atomic E-state index is 0.390. The maximum atomic E-state index is 10.6. The summed E-state index contributed by atoms with van der Waals surface area (Å²) < 4.78 is 0. The lowest BCUT2D eigenvalue weighted by molar-refractivity contribution is 0.241. The van der Waals surface area contributed by atoms with Crippen molar-refractivity contribution in [1.29, 1.82) is 5.26 Å². The molecular weight excluding hydrogens is 144 g/mol. The third kappa shape index (κ3) is 6.31. The van der Waals surface area contributed by atoms with E-state index < -0.39 is 6.03 Å². The van der Waals surface area contributed by atoms with Crippen LogP contribution in [0.4, 0.5) is 4.79 Å². The van der Waals surface area contributed by atoms with E-state index in [0.29, 0.717) is 6.54 Å². The van der Waals surface area contributed by atoms with Crippen LogP contribution in [0.5, 0.6) is 0 Å². The van der Waals surface area contributed by atoms with E-state index in [4.69, 9.17) is 5.26 Å². The number of hydrogen-bond acceptors (Lipinski definition) is 3. The highest BCUT2D eigenvalue weighted by Crippen LogP contribution is 1.70. The van der Waals surface area contributed by atoms with Gasteiger partial charge in [-0.05, 0) is 6.42 Å². The molecule has 0 spiro atoms. The predicted octanol–water partition coefficient (Wildman–Crippen LogP) is 0.205. The number of hydrazone groups is 1. The molecule has 5 nitrogen and oxygen atoms in total. The third-order valence-electron chi connectivity index (χ3n) is 0.824. The van der Waals surface area contributed by atoms with Crippen molar-refractivity contribution in [3.05, 3.63) is 0 Å². The molecule has 0 saturated carbocycles. The van der Waals surface area contributed by atoms with Crippen LogP contribution in [0.25, 0.3) is 0 Å². The van der Waals surface area contributed by atoms with Gasteiger partial charge in [-0.15, -0.1) is 0 Å². The highest BCUT2D eigenvalue weighted by molar-refractivity contribution is 5.78. The Labute approximate surface area is 65.1 Å². The molecule has 0 radical (unpaired) electrons. The topological polar surface area (TPSA) is 77.3 Å². The van der Waals surface area contributed by atoms with Crippen LogP contribution in [-0.4, -0.2) is 18.8 Å². The van der Waals surface area contributed by atoms with Gasteiger partial charge in [-0.3, -0.25) is 0 Å². The molecule has 5 heteroatoms. The second-order valence-corrected chi connectivity index (χ2v) is 1.76. The molecule has 11 heavy (non-hydrogen) atoms. The monoisotopic (exact) mass is 154 g/mol. The van der Waals surface area contributed by atoms with Crippen LogP contribution < -0.4 is 10.7 Å². The van der Waals surface area contributed by atoms with Gasteiger partial charge in [-0.1, -0.05) is 6.92 Å². The van der Waals surface area contributed by atoms with Crippen LogP contribution in [0.2, 0.25) is 0 Å². The molecule has 0 aromatic heterocycles. The molecule has 0 aliphatic carbocycles. The van der Waals surface area contributed by atoms with Crippen molar-refractivity contribution in [3.63, 3.8) is 0 Å². The Morgan fingerprint density at radius 3 is 3.09 bits per heavy atom. The molecule has 0 unspecified atom stereocenters. The van der Waals surface area contributed by atoms with E-state index in [0.717, 1.165) is 12.6 Å². The molecule has 0 aromatic carbocycles. The molecule has 0 rings (SSSR count). The number of nitriles is 1. The third-order valence-corrected chi connectivity index (χ3v) is 0.824. The van der Waals surface area contributed by atoms with Gasteiger partial charge >= 0.3 is 6.03 Å². The molecule has 0 aliphatic heterocycles. The molecular formula is C6H10N4O. The zero-order valence-electron chi connectivity index (χ0n) is 6.29. The molecule has 0 bridgehead atoms. The van der Waals surface area contributed by atoms with E-state index in [2.05, 4.69) is 15.8 Å². The second kappa shape index (κ2) is 6.55. The average molecular weight is 154 g/mol. The molecule has 0 saturated heterocycles. The maximum Gasteiger partial charge on any atom is 0.335 e. The van der Waals surface area contributed by atoms with Crippen molar-refractivity contribution in [3.8, 4) is 6.07 Å². The van der Waals surface area contributed by atoms with Crippen LogP contribution >= 0.6 is 0 Å². The predicted molar refractivity (Wildman–Crippen MR) is 40.9 cm³/mol.